The summed E-state index contributed by atoms with van der Waals surface area (Å²) in [5, 5.41) is 2.64. The maximum atomic E-state index is 12.7. The molecular weight excluding hydrogens is 358 g/mol. The van der Waals surface area contributed by atoms with Crippen LogP contribution in [0, 0.1) is 5.92 Å². The minimum Gasteiger partial charge on any atom is -0.497 e. The first-order valence-electron chi connectivity index (χ1n) is 8.91. The lowest BCUT2D eigenvalue weighted by Crippen LogP contribution is -2.29. The summed E-state index contributed by atoms with van der Waals surface area (Å²) in [5.41, 5.74) is 1.08. The fourth-order valence-electron chi connectivity index (χ4n) is 2.35. The van der Waals surface area contributed by atoms with E-state index in [-0.39, 0.29) is 18.2 Å². The van der Waals surface area contributed by atoms with Crippen LogP contribution in [0.25, 0.3) is 6.08 Å². The summed E-state index contributed by atoms with van der Waals surface area (Å²) in [6.45, 7) is 4.13. The summed E-state index contributed by atoms with van der Waals surface area (Å²) >= 11 is 0. The molecule has 0 saturated heterocycles. The summed E-state index contributed by atoms with van der Waals surface area (Å²) < 4.78 is 15.7. The molecule has 0 heterocycles. The fraction of sp³-hybridized carbons (Fsp3) is 0.273. The number of para-hydroxylation sites is 1. The van der Waals surface area contributed by atoms with Crippen LogP contribution < -0.4 is 14.8 Å². The molecule has 0 aliphatic carbocycles. The Balaban J connectivity index is 2.30. The molecule has 28 heavy (non-hydrogen) atoms. The number of amides is 1. The quantitative estimate of drug-likeness (QED) is 0.556. The van der Waals surface area contributed by atoms with Crippen molar-refractivity contribution in [3.63, 3.8) is 0 Å². The van der Waals surface area contributed by atoms with Gasteiger partial charge in [-0.15, -0.1) is 0 Å². The Labute approximate surface area is 165 Å². The van der Waals surface area contributed by atoms with Crippen molar-refractivity contribution >= 4 is 18.0 Å². The van der Waals surface area contributed by atoms with Gasteiger partial charge >= 0.3 is 5.97 Å². The van der Waals surface area contributed by atoms with Crippen molar-refractivity contribution in [3.05, 3.63) is 65.4 Å². The van der Waals surface area contributed by atoms with E-state index in [2.05, 4.69) is 5.32 Å². The van der Waals surface area contributed by atoms with Gasteiger partial charge in [-0.2, -0.15) is 0 Å². The first-order chi connectivity index (χ1) is 13.4. The Morgan fingerprint density at radius 2 is 1.68 bits per heavy atom. The van der Waals surface area contributed by atoms with E-state index < -0.39 is 11.9 Å². The van der Waals surface area contributed by atoms with Crippen molar-refractivity contribution in [3.8, 4) is 11.5 Å². The van der Waals surface area contributed by atoms with Gasteiger partial charge in [0.2, 0.25) is 0 Å². The lowest BCUT2D eigenvalue weighted by molar-refractivity contribution is -0.140. The van der Waals surface area contributed by atoms with Gasteiger partial charge in [0.05, 0.1) is 26.4 Å². The maximum Gasteiger partial charge on any atom is 0.354 e. The summed E-state index contributed by atoms with van der Waals surface area (Å²) in [4.78, 5) is 25.2. The largest absolute Gasteiger partial charge is 0.497 e. The molecule has 0 aliphatic heterocycles. The molecule has 0 aliphatic rings. The predicted molar refractivity (Wildman–Crippen MR) is 107 cm³/mol. The van der Waals surface area contributed by atoms with E-state index in [1.165, 1.54) is 7.11 Å². The van der Waals surface area contributed by atoms with Crippen LogP contribution in [-0.2, 0) is 9.53 Å². The SMILES string of the molecule is COc1ccc(/C=C(\NC(=O)c2ccccc2OC)C(=O)OCC(C)C)cc1. The smallest absolute Gasteiger partial charge is 0.354 e. The maximum absolute atomic E-state index is 12.7. The van der Waals surface area contributed by atoms with Crippen molar-refractivity contribution in [1.82, 2.24) is 5.32 Å². The summed E-state index contributed by atoms with van der Waals surface area (Å²) in [7, 11) is 3.06. The van der Waals surface area contributed by atoms with Gasteiger partial charge in [-0.3, -0.25) is 4.79 Å². The van der Waals surface area contributed by atoms with Crippen molar-refractivity contribution in [1.29, 1.82) is 0 Å². The lowest BCUT2D eigenvalue weighted by Gasteiger charge is -2.13. The second-order valence-electron chi connectivity index (χ2n) is 6.48. The van der Waals surface area contributed by atoms with Crippen LogP contribution >= 0.6 is 0 Å². The molecular formula is C22H25NO5. The summed E-state index contributed by atoms with van der Waals surface area (Å²) in [6, 6.07) is 13.9. The van der Waals surface area contributed by atoms with E-state index in [1.807, 2.05) is 13.8 Å². The first kappa shape index (κ1) is 21.0. The number of nitrogens with one attached hydrogen (secondary N) is 1. The Hall–Kier alpha value is -3.28. The molecule has 0 saturated carbocycles. The number of hydrogen-bond donors (Lipinski definition) is 1. The first-order valence-corrected chi connectivity index (χ1v) is 8.91. The van der Waals surface area contributed by atoms with Gasteiger partial charge in [0, 0.05) is 0 Å². The average molecular weight is 383 g/mol. The van der Waals surface area contributed by atoms with Gasteiger partial charge in [0.25, 0.3) is 5.91 Å². The van der Waals surface area contributed by atoms with E-state index >= 15 is 0 Å². The Morgan fingerprint density at radius 3 is 2.29 bits per heavy atom. The van der Waals surface area contributed by atoms with Gasteiger partial charge in [-0.05, 0) is 41.8 Å². The standard InChI is InChI=1S/C22H25NO5/c1-15(2)14-28-22(25)19(13-16-9-11-17(26-3)12-10-16)23-21(24)18-7-5-6-8-20(18)27-4/h5-13,15H,14H2,1-4H3,(H,23,24)/b19-13-. The highest BCUT2D eigenvalue weighted by atomic mass is 16.5. The molecule has 2 aromatic carbocycles. The molecule has 0 aromatic heterocycles. The minimum atomic E-state index is -0.604. The number of carbonyl (C=O) groups excluding carboxylic acids is 2. The molecule has 0 radical (unpaired) electrons. The van der Waals surface area contributed by atoms with Gasteiger partial charge in [0.1, 0.15) is 17.2 Å². The predicted octanol–water partition coefficient (Wildman–Crippen LogP) is 3.67. The van der Waals surface area contributed by atoms with Gasteiger partial charge in [-0.1, -0.05) is 38.1 Å². The second kappa shape index (κ2) is 10.2. The minimum absolute atomic E-state index is 0.0433. The zero-order valence-corrected chi connectivity index (χ0v) is 16.5. The number of ether oxygens (including phenoxy) is 3. The molecule has 0 atom stereocenters. The van der Waals surface area contributed by atoms with Gasteiger partial charge in [-0.25, -0.2) is 4.79 Å². The van der Waals surface area contributed by atoms with Crippen LogP contribution in [0.5, 0.6) is 11.5 Å². The van der Waals surface area contributed by atoms with Crippen LogP contribution in [0.4, 0.5) is 0 Å². The highest BCUT2D eigenvalue weighted by Crippen LogP contribution is 2.18. The molecule has 2 aromatic rings. The summed E-state index contributed by atoms with van der Waals surface area (Å²) in [6.07, 6.45) is 1.56. The Morgan fingerprint density at radius 1 is 1.00 bits per heavy atom. The topological polar surface area (TPSA) is 73.9 Å². The van der Waals surface area contributed by atoms with Crippen LogP contribution in [0.15, 0.2) is 54.2 Å². The van der Waals surface area contributed by atoms with Crippen LogP contribution in [0.3, 0.4) is 0 Å². The van der Waals surface area contributed by atoms with Crippen molar-refractivity contribution in [2.24, 2.45) is 5.92 Å². The number of benzene rings is 2. The molecule has 1 N–H and O–H groups in total. The molecule has 0 spiro atoms. The molecule has 0 bridgehead atoms. The number of hydrogen-bond acceptors (Lipinski definition) is 5. The molecule has 6 nitrogen and oxygen atoms in total. The van der Waals surface area contributed by atoms with E-state index in [0.717, 1.165) is 5.56 Å². The fourth-order valence-corrected chi connectivity index (χ4v) is 2.35. The van der Waals surface area contributed by atoms with Crippen LogP contribution in [-0.4, -0.2) is 32.7 Å². The van der Waals surface area contributed by atoms with Crippen molar-refractivity contribution in [2.45, 2.75) is 13.8 Å². The highest BCUT2D eigenvalue weighted by molar-refractivity contribution is 6.04. The Kier molecular flexibility index (Phi) is 7.63. The molecule has 148 valence electrons. The van der Waals surface area contributed by atoms with E-state index in [1.54, 1.807) is 61.7 Å². The highest BCUT2D eigenvalue weighted by Gasteiger charge is 2.18. The van der Waals surface area contributed by atoms with Crippen molar-refractivity contribution in [2.75, 3.05) is 20.8 Å². The van der Waals surface area contributed by atoms with Crippen LogP contribution in [0.1, 0.15) is 29.8 Å². The normalized spacial score (nSPS) is 11.1. The van der Waals surface area contributed by atoms with Crippen LogP contribution in [0.2, 0.25) is 0 Å². The number of rotatable bonds is 8. The third kappa shape index (κ3) is 5.87. The average Bonchev–Trinajstić information content (AvgIpc) is 2.71. The van der Waals surface area contributed by atoms with Crippen molar-refractivity contribution < 1.29 is 23.8 Å². The molecule has 0 fully saturated rings. The van der Waals surface area contributed by atoms with Gasteiger partial charge < -0.3 is 19.5 Å². The number of methoxy groups -OCH3 is 2. The molecule has 1 amide bonds. The third-order valence-electron chi connectivity index (χ3n) is 3.79. The molecule has 0 unspecified atom stereocenters. The lowest BCUT2D eigenvalue weighted by atomic mass is 10.1. The second-order valence-corrected chi connectivity index (χ2v) is 6.48. The zero-order chi connectivity index (χ0) is 20.5. The zero-order valence-electron chi connectivity index (χ0n) is 16.5. The molecule has 6 heteroatoms. The number of esters is 1. The summed E-state index contributed by atoms with van der Waals surface area (Å²) in [5.74, 6) is 0.223. The monoisotopic (exact) mass is 383 g/mol. The third-order valence-corrected chi connectivity index (χ3v) is 3.79. The molecule has 2 rings (SSSR count). The van der Waals surface area contributed by atoms with E-state index in [9.17, 15) is 9.59 Å². The van der Waals surface area contributed by atoms with E-state index in [4.69, 9.17) is 14.2 Å². The number of carbonyl (C=O) groups is 2. The van der Waals surface area contributed by atoms with E-state index in [0.29, 0.717) is 17.1 Å². The van der Waals surface area contributed by atoms with Gasteiger partial charge in [0.15, 0.2) is 0 Å². The Bertz CT molecular complexity index is 840.